The summed E-state index contributed by atoms with van der Waals surface area (Å²) in [6.07, 6.45) is 4.91. The van der Waals surface area contributed by atoms with Crippen LogP contribution in [0.2, 0.25) is 0 Å². The molecule has 8 heteroatoms. The molecule has 0 radical (unpaired) electrons. The lowest BCUT2D eigenvalue weighted by molar-refractivity contribution is 0.0694. The molecule has 0 atom stereocenters. The Labute approximate surface area is 177 Å². The molecule has 0 saturated carbocycles. The Balaban J connectivity index is 1.47. The number of nitrogens with zero attached hydrogens (tertiary/aromatic N) is 2. The summed E-state index contributed by atoms with van der Waals surface area (Å²) in [6.45, 7) is 5.87. The molecule has 1 N–H and O–H groups in total. The van der Waals surface area contributed by atoms with Gasteiger partial charge in [-0.2, -0.15) is 0 Å². The number of aromatic nitrogens is 1. The average Bonchev–Trinajstić information content (AvgIpc) is 3.00. The number of benzene rings is 1. The number of likely N-dealkylation sites (tertiary alicyclic amines) is 1. The minimum absolute atomic E-state index is 0.124. The van der Waals surface area contributed by atoms with Crippen molar-refractivity contribution in [3.8, 4) is 0 Å². The van der Waals surface area contributed by atoms with E-state index in [2.05, 4.69) is 34.0 Å². The van der Waals surface area contributed by atoms with Crippen molar-refractivity contribution in [2.75, 3.05) is 25.9 Å². The first-order valence-corrected chi connectivity index (χ1v) is 12.7. The molecule has 29 heavy (non-hydrogen) atoms. The molecule has 2 heterocycles. The van der Waals surface area contributed by atoms with Crippen LogP contribution in [-0.2, 0) is 22.9 Å². The molecular formula is C21H29N3O3S2. The Hall–Kier alpha value is -1.77. The number of hydrogen-bond donors (Lipinski definition) is 1. The minimum Gasteiger partial charge on any atom is -0.338 e. The zero-order chi connectivity index (χ0) is 21.0. The van der Waals surface area contributed by atoms with Gasteiger partial charge in [0.25, 0.3) is 5.91 Å². The molecule has 0 aliphatic carbocycles. The lowest BCUT2D eigenvalue weighted by atomic mass is 9.89. The normalized spacial score (nSPS) is 15.6. The first kappa shape index (κ1) is 21.9. The fraction of sp³-hybridized carbons (Fsp3) is 0.524. The van der Waals surface area contributed by atoms with Gasteiger partial charge in [0.15, 0.2) is 0 Å². The lowest BCUT2D eigenvalue weighted by Gasteiger charge is -2.32. The highest BCUT2D eigenvalue weighted by Gasteiger charge is 2.26. The van der Waals surface area contributed by atoms with E-state index in [0.29, 0.717) is 18.9 Å². The van der Waals surface area contributed by atoms with E-state index in [9.17, 15) is 13.2 Å². The van der Waals surface area contributed by atoms with Crippen molar-refractivity contribution >= 4 is 27.3 Å². The molecule has 158 valence electrons. The molecule has 1 aliphatic rings. The van der Waals surface area contributed by atoms with Gasteiger partial charge >= 0.3 is 0 Å². The van der Waals surface area contributed by atoms with Crippen molar-refractivity contribution in [1.29, 1.82) is 0 Å². The molecule has 1 saturated heterocycles. The SMILES string of the molecule is Cc1nc(C)c(C(=O)N2CCC(Cc3ccc(CCNS(C)(=O)=O)cc3)CC2)s1. The van der Waals surface area contributed by atoms with Crippen LogP contribution >= 0.6 is 11.3 Å². The Morgan fingerprint density at radius 3 is 2.34 bits per heavy atom. The molecule has 0 spiro atoms. The summed E-state index contributed by atoms with van der Waals surface area (Å²) in [7, 11) is -3.13. The van der Waals surface area contributed by atoms with Gasteiger partial charge in [0.05, 0.1) is 17.0 Å². The van der Waals surface area contributed by atoms with Gasteiger partial charge in [-0.25, -0.2) is 18.1 Å². The third-order valence-corrected chi connectivity index (χ3v) is 7.11. The molecular weight excluding hydrogens is 406 g/mol. The lowest BCUT2D eigenvalue weighted by Crippen LogP contribution is -2.38. The Kier molecular flexibility index (Phi) is 7.08. The van der Waals surface area contributed by atoms with Crippen LogP contribution < -0.4 is 4.72 Å². The van der Waals surface area contributed by atoms with Crippen LogP contribution in [0.15, 0.2) is 24.3 Å². The van der Waals surface area contributed by atoms with Crippen LogP contribution in [-0.4, -0.2) is 50.1 Å². The van der Waals surface area contributed by atoms with Gasteiger partial charge in [-0.05, 0) is 56.6 Å². The van der Waals surface area contributed by atoms with Gasteiger partial charge in [0, 0.05) is 19.6 Å². The number of carbonyl (C=O) groups excluding carboxylic acids is 1. The summed E-state index contributed by atoms with van der Waals surface area (Å²) in [5.74, 6) is 0.708. The second-order valence-corrected chi connectivity index (χ2v) is 10.9. The second kappa shape index (κ2) is 9.36. The second-order valence-electron chi connectivity index (χ2n) is 7.82. The largest absolute Gasteiger partial charge is 0.338 e. The van der Waals surface area contributed by atoms with Gasteiger partial charge in [-0.3, -0.25) is 4.79 Å². The van der Waals surface area contributed by atoms with Crippen molar-refractivity contribution in [2.45, 2.75) is 39.5 Å². The monoisotopic (exact) mass is 435 g/mol. The fourth-order valence-electron chi connectivity index (χ4n) is 3.77. The molecule has 3 rings (SSSR count). The van der Waals surface area contributed by atoms with Crippen LogP contribution in [0.25, 0.3) is 0 Å². The first-order valence-electron chi connectivity index (χ1n) is 9.97. The number of sulfonamides is 1. The summed E-state index contributed by atoms with van der Waals surface area (Å²) in [4.78, 5) is 19.9. The van der Waals surface area contributed by atoms with E-state index in [0.717, 1.165) is 53.5 Å². The highest BCUT2D eigenvalue weighted by Crippen LogP contribution is 2.25. The Morgan fingerprint density at radius 1 is 1.17 bits per heavy atom. The van der Waals surface area contributed by atoms with Crippen molar-refractivity contribution in [3.05, 3.63) is 51.0 Å². The molecule has 6 nitrogen and oxygen atoms in total. The molecule has 1 aliphatic heterocycles. The summed E-state index contributed by atoms with van der Waals surface area (Å²) in [6, 6.07) is 8.42. The van der Waals surface area contributed by atoms with Gasteiger partial charge < -0.3 is 4.90 Å². The van der Waals surface area contributed by atoms with E-state index < -0.39 is 10.0 Å². The van der Waals surface area contributed by atoms with Gasteiger partial charge in [0.2, 0.25) is 10.0 Å². The number of thiazole rings is 1. The van der Waals surface area contributed by atoms with Crippen molar-refractivity contribution < 1.29 is 13.2 Å². The summed E-state index contributed by atoms with van der Waals surface area (Å²) < 4.78 is 24.8. The number of piperidine rings is 1. The summed E-state index contributed by atoms with van der Waals surface area (Å²) >= 11 is 1.49. The Bertz CT molecular complexity index is 944. The number of aryl methyl sites for hydroxylation is 2. The average molecular weight is 436 g/mol. The van der Waals surface area contributed by atoms with Gasteiger partial charge in [0.1, 0.15) is 4.88 Å². The summed E-state index contributed by atoms with van der Waals surface area (Å²) in [5, 5.41) is 0.941. The molecule has 1 fully saturated rings. The van der Waals surface area contributed by atoms with Crippen LogP contribution in [0.3, 0.4) is 0 Å². The van der Waals surface area contributed by atoms with Crippen LogP contribution in [0.1, 0.15) is 44.3 Å². The van der Waals surface area contributed by atoms with Crippen LogP contribution in [0.4, 0.5) is 0 Å². The number of rotatable bonds is 7. The molecule has 1 aromatic carbocycles. The highest BCUT2D eigenvalue weighted by atomic mass is 32.2. The third kappa shape index (κ3) is 6.35. The number of carbonyl (C=O) groups is 1. The molecule has 1 aromatic heterocycles. The van der Waals surface area contributed by atoms with Gasteiger partial charge in [-0.15, -0.1) is 11.3 Å². The van der Waals surface area contributed by atoms with Crippen LogP contribution in [0, 0.1) is 19.8 Å². The van der Waals surface area contributed by atoms with Crippen molar-refractivity contribution in [1.82, 2.24) is 14.6 Å². The molecule has 2 aromatic rings. The standard InChI is InChI=1S/C21H29N3O3S2/c1-15-20(28-16(2)23-15)21(25)24-12-9-19(10-13-24)14-18-6-4-17(5-7-18)8-11-22-29(3,26)27/h4-7,19,22H,8-14H2,1-3H3. The van der Waals surface area contributed by atoms with Crippen molar-refractivity contribution in [3.63, 3.8) is 0 Å². The number of nitrogens with one attached hydrogen (secondary N) is 1. The smallest absolute Gasteiger partial charge is 0.265 e. The Morgan fingerprint density at radius 2 is 1.79 bits per heavy atom. The zero-order valence-corrected chi connectivity index (χ0v) is 18.9. The maximum Gasteiger partial charge on any atom is 0.265 e. The van der Waals surface area contributed by atoms with E-state index in [1.54, 1.807) is 0 Å². The molecule has 0 bridgehead atoms. The zero-order valence-electron chi connectivity index (χ0n) is 17.3. The summed E-state index contributed by atoms with van der Waals surface area (Å²) in [5.41, 5.74) is 3.26. The number of hydrogen-bond acceptors (Lipinski definition) is 5. The van der Waals surface area contributed by atoms with E-state index in [4.69, 9.17) is 0 Å². The highest BCUT2D eigenvalue weighted by molar-refractivity contribution is 7.88. The minimum atomic E-state index is -3.13. The predicted octanol–water partition coefficient (Wildman–Crippen LogP) is 2.95. The quantitative estimate of drug-likeness (QED) is 0.725. The topological polar surface area (TPSA) is 79.4 Å². The van der Waals surface area contributed by atoms with Crippen molar-refractivity contribution in [2.24, 2.45) is 5.92 Å². The van der Waals surface area contributed by atoms with Gasteiger partial charge in [-0.1, -0.05) is 24.3 Å². The van der Waals surface area contributed by atoms with E-state index in [1.807, 2.05) is 18.7 Å². The fourth-order valence-corrected chi connectivity index (χ4v) is 5.13. The maximum atomic E-state index is 12.7. The molecule has 0 unspecified atom stereocenters. The predicted molar refractivity (Wildman–Crippen MR) is 117 cm³/mol. The van der Waals surface area contributed by atoms with E-state index >= 15 is 0 Å². The maximum absolute atomic E-state index is 12.7. The first-order chi connectivity index (χ1) is 13.7. The third-order valence-electron chi connectivity index (χ3n) is 5.32. The van der Waals surface area contributed by atoms with E-state index in [1.165, 1.54) is 23.2 Å². The van der Waals surface area contributed by atoms with E-state index in [-0.39, 0.29) is 5.91 Å². The number of amides is 1. The molecule has 1 amide bonds. The van der Waals surface area contributed by atoms with Crippen LogP contribution in [0.5, 0.6) is 0 Å².